The molecule has 0 spiro atoms. The Kier molecular flexibility index (Phi) is 5.72. The lowest BCUT2D eigenvalue weighted by molar-refractivity contribution is -0.384. The van der Waals surface area contributed by atoms with Crippen molar-refractivity contribution in [3.05, 3.63) is 74.8 Å². The van der Waals surface area contributed by atoms with Crippen LogP contribution in [-0.4, -0.2) is 21.2 Å². The number of hydrogen-bond acceptors (Lipinski definition) is 4. The lowest BCUT2D eigenvalue weighted by Gasteiger charge is -2.12. The summed E-state index contributed by atoms with van der Waals surface area (Å²) >= 11 is 5.84. The highest BCUT2D eigenvalue weighted by molar-refractivity contribution is 6.30. The van der Waals surface area contributed by atoms with Crippen molar-refractivity contribution in [2.45, 2.75) is 18.6 Å². The molecule has 5 nitrogen and oxygen atoms in total. The summed E-state index contributed by atoms with van der Waals surface area (Å²) in [5.41, 5.74) is 1.10. The van der Waals surface area contributed by atoms with Crippen LogP contribution < -0.4 is 0 Å². The van der Waals surface area contributed by atoms with E-state index in [1.54, 1.807) is 24.3 Å². The van der Waals surface area contributed by atoms with Crippen LogP contribution >= 0.6 is 11.6 Å². The highest BCUT2D eigenvalue weighted by atomic mass is 35.5. The molecular formula is C17H14ClNO4. The summed E-state index contributed by atoms with van der Waals surface area (Å²) in [6.45, 7) is 0. The smallest absolute Gasteiger partial charge is 0.269 e. The van der Waals surface area contributed by atoms with Gasteiger partial charge in [-0.2, -0.15) is 0 Å². The molecule has 2 aromatic carbocycles. The summed E-state index contributed by atoms with van der Waals surface area (Å²) in [6.07, 6.45) is -1.98. The molecule has 0 radical (unpaired) electrons. The lowest BCUT2D eigenvalue weighted by atomic mass is 10.0. The highest BCUT2D eigenvalue weighted by Gasteiger charge is 2.13. The first-order valence-corrected chi connectivity index (χ1v) is 7.21. The zero-order valence-electron chi connectivity index (χ0n) is 12.0. The van der Waals surface area contributed by atoms with E-state index in [4.69, 9.17) is 11.6 Å². The van der Waals surface area contributed by atoms with Crippen molar-refractivity contribution in [2.24, 2.45) is 0 Å². The van der Waals surface area contributed by atoms with Gasteiger partial charge >= 0.3 is 0 Å². The Balaban J connectivity index is 1.99. The van der Waals surface area contributed by atoms with E-state index in [1.807, 2.05) is 0 Å². The fraction of sp³-hybridized carbons (Fsp3) is 0.176. The molecule has 0 saturated heterocycles. The fourth-order valence-electron chi connectivity index (χ4n) is 1.96. The molecule has 6 heteroatoms. The average Bonchev–Trinajstić information content (AvgIpc) is 2.53. The first kappa shape index (κ1) is 17.0. The van der Waals surface area contributed by atoms with E-state index in [-0.39, 0.29) is 12.1 Å². The maximum Gasteiger partial charge on any atom is 0.269 e. The minimum atomic E-state index is -1.03. The maximum absolute atomic E-state index is 10.6. The number of nitro groups is 1. The van der Waals surface area contributed by atoms with Gasteiger partial charge in [0.15, 0.2) is 0 Å². The second kappa shape index (κ2) is 7.75. The van der Waals surface area contributed by atoms with E-state index < -0.39 is 17.1 Å². The molecule has 0 aliphatic rings. The summed E-state index contributed by atoms with van der Waals surface area (Å²) in [6, 6.07) is 12.4. The van der Waals surface area contributed by atoms with E-state index in [2.05, 4.69) is 11.8 Å². The third-order valence-electron chi connectivity index (χ3n) is 3.14. The number of aliphatic hydroxyl groups is 2. The van der Waals surface area contributed by atoms with Gasteiger partial charge in [-0.1, -0.05) is 29.5 Å². The number of halogens is 1. The number of rotatable bonds is 4. The molecule has 0 saturated carbocycles. The SMILES string of the molecule is O=[N+]([O-])c1ccc(C(O)CC(O)C#Cc2cccc(Cl)c2)cc1. The monoisotopic (exact) mass is 331 g/mol. The first-order valence-electron chi connectivity index (χ1n) is 6.83. The Morgan fingerprint density at radius 2 is 1.87 bits per heavy atom. The minimum Gasteiger partial charge on any atom is -0.388 e. The number of benzene rings is 2. The van der Waals surface area contributed by atoms with Crippen molar-refractivity contribution in [3.8, 4) is 11.8 Å². The van der Waals surface area contributed by atoms with Crippen molar-refractivity contribution in [3.63, 3.8) is 0 Å². The molecule has 0 fully saturated rings. The first-order chi connectivity index (χ1) is 11.0. The van der Waals surface area contributed by atoms with Crippen molar-refractivity contribution in [1.29, 1.82) is 0 Å². The molecule has 0 bridgehead atoms. The molecule has 118 valence electrons. The molecule has 0 aliphatic carbocycles. The van der Waals surface area contributed by atoms with Gasteiger partial charge in [-0.3, -0.25) is 10.1 Å². The zero-order valence-corrected chi connectivity index (χ0v) is 12.8. The summed E-state index contributed by atoms with van der Waals surface area (Å²) < 4.78 is 0. The Labute approximate surface area is 138 Å². The quantitative estimate of drug-likeness (QED) is 0.512. The maximum atomic E-state index is 10.6. The molecule has 2 unspecified atom stereocenters. The van der Waals surface area contributed by atoms with Crippen LogP contribution in [0.5, 0.6) is 0 Å². The van der Waals surface area contributed by atoms with Crippen LogP contribution in [0.3, 0.4) is 0 Å². The van der Waals surface area contributed by atoms with Gasteiger partial charge in [0.2, 0.25) is 0 Å². The van der Waals surface area contributed by atoms with Crippen LogP contribution in [0.4, 0.5) is 5.69 Å². The van der Waals surface area contributed by atoms with Gasteiger partial charge in [0.25, 0.3) is 5.69 Å². The van der Waals surface area contributed by atoms with E-state index in [1.165, 1.54) is 24.3 Å². The highest BCUT2D eigenvalue weighted by Crippen LogP contribution is 2.21. The van der Waals surface area contributed by atoms with Crippen LogP contribution in [0.1, 0.15) is 23.7 Å². The summed E-state index contributed by atoms with van der Waals surface area (Å²) in [5, 5.41) is 31.1. The average molecular weight is 332 g/mol. The lowest BCUT2D eigenvalue weighted by Crippen LogP contribution is -2.10. The molecule has 2 rings (SSSR count). The van der Waals surface area contributed by atoms with E-state index in [0.29, 0.717) is 16.1 Å². The standard InChI is InChI=1S/C17H14ClNO4/c18-14-3-1-2-12(10-14)4-9-16(20)11-17(21)13-5-7-15(8-6-13)19(22)23/h1-3,5-8,10,16-17,20-21H,11H2. The fourth-order valence-corrected chi connectivity index (χ4v) is 2.15. The van der Waals surface area contributed by atoms with Crippen LogP contribution in [0, 0.1) is 22.0 Å². The zero-order chi connectivity index (χ0) is 16.8. The molecule has 0 aliphatic heterocycles. The third-order valence-corrected chi connectivity index (χ3v) is 3.38. The number of hydrogen-bond donors (Lipinski definition) is 2. The molecular weight excluding hydrogens is 318 g/mol. The Hall–Kier alpha value is -2.39. The number of nitro benzene ring substituents is 1. The second-order valence-electron chi connectivity index (χ2n) is 4.90. The summed E-state index contributed by atoms with van der Waals surface area (Å²) in [7, 11) is 0. The summed E-state index contributed by atoms with van der Waals surface area (Å²) in [4.78, 5) is 10.1. The third kappa shape index (κ3) is 5.08. The largest absolute Gasteiger partial charge is 0.388 e. The van der Waals surface area contributed by atoms with Crippen LogP contribution in [0.15, 0.2) is 48.5 Å². The van der Waals surface area contributed by atoms with Crippen LogP contribution in [0.2, 0.25) is 5.02 Å². The Morgan fingerprint density at radius 3 is 2.48 bits per heavy atom. The normalized spacial score (nSPS) is 12.8. The van der Waals surface area contributed by atoms with Gasteiger partial charge in [-0.05, 0) is 35.9 Å². The van der Waals surface area contributed by atoms with Crippen molar-refractivity contribution in [2.75, 3.05) is 0 Å². The van der Waals surface area contributed by atoms with E-state index >= 15 is 0 Å². The Morgan fingerprint density at radius 1 is 1.17 bits per heavy atom. The molecule has 0 heterocycles. The van der Waals surface area contributed by atoms with Crippen LogP contribution in [-0.2, 0) is 0 Å². The van der Waals surface area contributed by atoms with Crippen molar-refractivity contribution < 1.29 is 15.1 Å². The van der Waals surface area contributed by atoms with Gasteiger partial charge in [-0.15, -0.1) is 0 Å². The molecule has 0 aromatic heterocycles. The minimum absolute atomic E-state index is 0.00533. The molecule has 0 amide bonds. The predicted molar refractivity (Wildman–Crippen MR) is 87.0 cm³/mol. The molecule has 23 heavy (non-hydrogen) atoms. The Bertz CT molecular complexity index is 749. The van der Waals surface area contributed by atoms with Crippen molar-refractivity contribution in [1.82, 2.24) is 0 Å². The molecule has 2 N–H and O–H groups in total. The second-order valence-corrected chi connectivity index (χ2v) is 5.33. The van der Waals surface area contributed by atoms with Gasteiger partial charge in [0.1, 0.15) is 6.10 Å². The van der Waals surface area contributed by atoms with Crippen LogP contribution in [0.25, 0.3) is 0 Å². The van der Waals surface area contributed by atoms with E-state index in [9.17, 15) is 20.3 Å². The van der Waals surface area contributed by atoms with Gasteiger partial charge in [-0.25, -0.2) is 0 Å². The number of aliphatic hydroxyl groups excluding tert-OH is 2. The molecule has 2 atom stereocenters. The van der Waals surface area contributed by atoms with Gasteiger partial charge in [0, 0.05) is 29.1 Å². The summed E-state index contributed by atoms with van der Waals surface area (Å²) in [5.74, 6) is 5.42. The van der Waals surface area contributed by atoms with Gasteiger partial charge in [0.05, 0.1) is 11.0 Å². The van der Waals surface area contributed by atoms with Crippen molar-refractivity contribution >= 4 is 17.3 Å². The predicted octanol–water partition coefficient (Wildman–Crippen LogP) is 3.08. The van der Waals surface area contributed by atoms with Gasteiger partial charge < -0.3 is 10.2 Å². The van der Waals surface area contributed by atoms with E-state index in [0.717, 1.165) is 0 Å². The molecule has 2 aromatic rings. The topological polar surface area (TPSA) is 83.6 Å². The number of nitrogens with zero attached hydrogens (tertiary/aromatic N) is 1. The number of non-ortho nitro benzene ring substituents is 1.